The number of rotatable bonds is 2. The Balaban J connectivity index is 4.73. The lowest BCUT2D eigenvalue weighted by atomic mass is 9.84. The van der Waals surface area contributed by atoms with Gasteiger partial charge in [0.1, 0.15) is 0 Å². The average Bonchev–Trinajstić information content (AvgIpc) is 2.39. The van der Waals surface area contributed by atoms with Crippen LogP contribution in [0.4, 0.5) is 52.7 Å². The Morgan fingerprint density at radius 3 is 0.821 bits per heavy atom. The molecule has 0 radical (unpaired) electrons. The summed E-state index contributed by atoms with van der Waals surface area (Å²) in [5.41, 5.74) is -21.7. The van der Waals surface area contributed by atoms with Gasteiger partial charge in [0.05, 0.1) is 33.4 Å². The van der Waals surface area contributed by atoms with Crippen LogP contribution in [0.1, 0.15) is 43.0 Å². The van der Waals surface area contributed by atoms with Crippen LogP contribution in [0.15, 0.2) is 0 Å². The number of hydrogen-bond donors (Lipinski definition) is 2. The van der Waals surface area contributed by atoms with Gasteiger partial charge in [-0.05, 0) is 0 Å². The van der Waals surface area contributed by atoms with Gasteiger partial charge in [0.25, 0.3) is 0 Å². The molecule has 0 aromatic heterocycles. The molecule has 0 heterocycles. The Morgan fingerprint density at radius 2 is 0.679 bits per heavy atom. The first kappa shape index (κ1) is 23.4. The molecule has 4 nitrogen and oxygen atoms in total. The van der Waals surface area contributed by atoms with E-state index in [-0.39, 0.29) is 0 Å². The molecule has 1 aromatic carbocycles. The van der Waals surface area contributed by atoms with E-state index in [0.29, 0.717) is 0 Å². The van der Waals surface area contributed by atoms with Crippen LogP contribution in [0.2, 0.25) is 0 Å². The summed E-state index contributed by atoms with van der Waals surface area (Å²) in [6, 6.07) is 0. The van der Waals surface area contributed by atoms with Gasteiger partial charge < -0.3 is 10.2 Å². The molecule has 0 aliphatic rings. The van der Waals surface area contributed by atoms with Crippen LogP contribution >= 0.6 is 0 Å². The van der Waals surface area contributed by atoms with Gasteiger partial charge >= 0.3 is 36.6 Å². The summed E-state index contributed by atoms with van der Waals surface area (Å²) in [7, 11) is 0. The van der Waals surface area contributed by atoms with Gasteiger partial charge in [-0.3, -0.25) is 0 Å². The second-order valence-electron chi connectivity index (χ2n) is 4.85. The van der Waals surface area contributed by atoms with Gasteiger partial charge in [0.2, 0.25) is 0 Å². The molecule has 0 saturated heterocycles. The minimum Gasteiger partial charge on any atom is -0.478 e. The number of halogens is 12. The second kappa shape index (κ2) is 6.44. The standard InChI is InChI=1S/C12H2F12O4/c13-9(14,15)3-1(7(25)26)4(10(16,17)18)6(12(22,23)24)5(11(19,20)21)2(3)8(27)28/h(H,25,26)(H,27,28). The number of carbonyl (C=O) groups is 2. The van der Waals surface area contributed by atoms with Crippen LogP contribution in [0.3, 0.4) is 0 Å². The monoisotopic (exact) mass is 438 g/mol. The molecule has 0 amide bonds. The summed E-state index contributed by atoms with van der Waals surface area (Å²) in [5.74, 6) is -6.75. The van der Waals surface area contributed by atoms with Crippen LogP contribution in [0.5, 0.6) is 0 Å². The van der Waals surface area contributed by atoms with Crippen LogP contribution in [-0.4, -0.2) is 22.2 Å². The van der Waals surface area contributed by atoms with E-state index in [0.717, 1.165) is 0 Å². The van der Waals surface area contributed by atoms with Crippen molar-refractivity contribution in [2.24, 2.45) is 0 Å². The molecule has 0 aliphatic heterocycles. The van der Waals surface area contributed by atoms with E-state index >= 15 is 0 Å². The third-order valence-corrected chi connectivity index (χ3v) is 3.06. The molecule has 2 N–H and O–H groups in total. The van der Waals surface area contributed by atoms with Gasteiger partial charge in [-0.15, -0.1) is 0 Å². The summed E-state index contributed by atoms with van der Waals surface area (Å²) in [6.45, 7) is 0. The Labute approximate surface area is 144 Å². The molecule has 0 unspecified atom stereocenters. The summed E-state index contributed by atoms with van der Waals surface area (Å²) in [4.78, 5) is 21.8. The SMILES string of the molecule is O=C(O)c1c(C(F)(F)F)c(C(=O)O)c(C(F)(F)F)c(C(F)(F)F)c1C(F)(F)F. The van der Waals surface area contributed by atoms with E-state index in [4.69, 9.17) is 10.2 Å². The minimum atomic E-state index is -6.73. The average molecular weight is 438 g/mol. The smallest absolute Gasteiger partial charge is 0.418 e. The fourth-order valence-corrected chi connectivity index (χ4v) is 2.31. The minimum absolute atomic E-state index is 3.32. The first-order chi connectivity index (χ1) is 12.1. The van der Waals surface area contributed by atoms with E-state index in [2.05, 4.69) is 0 Å². The Bertz CT molecular complexity index is 772. The third-order valence-electron chi connectivity index (χ3n) is 3.06. The highest BCUT2D eigenvalue weighted by Gasteiger charge is 2.58. The molecule has 0 fully saturated rings. The molecule has 0 atom stereocenters. The lowest BCUT2D eigenvalue weighted by Crippen LogP contribution is -2.33. The van der Waals surface area contributed by atoms with Gasteiger partial charge in [0, 0.05) is 0 Å². The van der Waals surface area contributed by atoms with Crippen LogP contribution in [0, 0.1) is 0 Å². The molecule has 0 bridgehead atoms. The van der Waals surface area contributed by atoms with Crippen LogP contribution in [-0.2, 0) is 24.7 Å². The molecular weight excluding hydrogens is 436 g/mol. The predicted molar refractivity (Wildman–Crippen MR) is 60.4 cm³/mol. The van der Waals surface area contributed by atoms with Crippen molar-refractivity contribution in [3.8, 4) is 0 Å². The third kappa shape index (κ3) is 4.09. The number of hydrogen-bond acceptors (Lipinski definition) is 2. The Kier molecular flexibility index (Phi) is 5.37. The largest absolute Gasteiger partial charge is 0.478 e. The first-order valence-corrected chi connectivity index (χ1v) is 6.12. The molecule has 16 heteroatoms. The van der Waals surface area contributed by atoms with E-state index in [1.54, 1.807) is 0 Å². The van der Waals surface area contributed by atoms with Gasteiger partial charge in [-0.1, -0.05) is 0 Å². The van der Waals surface area contributed by atoms with Crippen molar-refractivity contribution in [2.45, 2.75) is 24.7 Å². The van der Waals surface area contributed by atoms with Crippen molar-refractivity contribution in [3.05, 3.63) is 33.4 Å². The number of alkyl halides is 12. The fraction of sp³-hybridized carbons (Fsp3) is 0.333. The summed E-state index contributed by atoms with van der Waals surface area (Å²) in [6.07, 6.45) is -26.6. The zero-order valence-electron chi connectivity index (χ0n) is 12.2. The number of benzene rings is 1. The van der Waals surface area contributed by atoms with E-state index in [9.17, 15) is 62.3 Å². The maximum Gasteiger partial charge on any atom is 0.418 e. The van der Waals surface area contributed by atoms with Crippen molar-refractivity contribution in [1.29, 1.82) is 0 Å². The Hall–Kier alpha value is -2.68. The summed E-state index contributed by atoms with van der Waals surface area (Å²) < 4.78 is 156. The highest BCUT2D eigenvalue weighted by Crippen LogP contribution is 2.53. The van der Waals surface area contributed by atoms with Crippen molar-refractivity contribution < 1.29 is 72.5 Å². The van der Waals surface area contributed by atoms with Crippen molar-refractivity contribution in [1.82, 2.24) is 0 Å². The van der Waals surface area contributed by atoms with Crippen molar-refractivity contribution in [3.63, 3.8) is 0 Å². The fourth-order valence-electron chi connectivity index (χ4n) is 2.31. The maximum absolute atomic E-state index is 13.1. The molecule has 158 valence electrons. The number of carboxylic acids is 2. The molecule has 0 spiro atoms. The molecule has 0 aliphatic carbocycles. The lowest BCUT2D eigenvalue weighted by molar-refractivity contribution is -0.176. The Morgan fingerprint density at radius 1 is 0.464 bits per heavy atom. The second-order valence-corrected chi connectivity index (χ2v) is 4.85. The predicted octanol–water partition coefficient (Wildman–Crippen LogP) is 5.16. The molecule has 1 aromatic rings. The van der Waals surface area contributed by atoms with Crippen LogP contribution < -0.4 is 0 Å². The van der Waals surface area contributed by atoms with Crippen LogP contribution in [0.25, 0.3) is 0 Å². The first-order valence-electron chi connectivity index (χ1n) is 6.12. The number of aromatic carboxylic acids is 2. The molecule has 1 rings (SSSR count). The normalized spacial score (nSPS) is 13.6. The quantitative estimate of drug-likeness (QED) is 0.626. The van der Waals surface area contributed by atoms with Gasteiger partial charge in [0.15, 0.2) is 0 Å². The number of carboxylic acid groups (broad SMARTS) is 2. The highest BCUT2D eigenvalue weighted by atomic mass is 19.4. The molecular formula is C12H2F12O4. The highest BCUT2D eigenvalue weighted by molar-refractivity contribution is 6.00. The topological polar surface area (TPSA) is 74.6 Å². The lowest BCUT2D eigenvalue weighted by Gasteiger charge is -2.27. The van der Waals surface area contributed by atoms with Gasteiger partial charge in [-0.25, -0.2) is 9.59 Å². The molecule has 0 saturated carbocycles. The zero-order valence-corrected chi connectivity index (χ0v) is 12.2. The van der Waals surface area contributed by atoms with E-state index in [1.165, 1.54) is 0 Å². The van der Waals surface area contributed by atoms with E-state index < -0.39 is 70.0 Å². The van der Waals surface area contributed by atoms with Crippen molar-refractivity contribution >= 4 is 11.9 Å². The molecule has 28 heavy (non-hydrogen) atoms. The summed E-state index contributed by atoms with van der Waals surface area (Å²) in [5, 5.41) is 17.2. The van der Waals surface area contributed by atoms with Gasteiger partial charge in [-0.2, -0.15) is 52.7 Å². The van der Waals surface area contributed by atoms with E-state index in [1.807, 2.05) is 0 Å². The summed E-state index contributed by atoms with van der Waals surface area (Å²) >= 11 is 0. The zero-order chi connectivity index (χ0) is 22.6. The van der Waals surface area contributed by atoms with Crippen molar-refractivity contribution in [2.75, 3.05) is 0 Å². The maximum atomic E-state index is 13.1.